The maximum atomic E-state index is 15.2. The van der Waals surface area contributed by atoms with Crippen molar-refractivity contribution >= 4 is 27.6 Å². The fraction of sp³-hybridized carbons (Fsp3) is 0.459. The molecule has 0 unspecified atom stereocenters. The molecule has 0 saturated carbocycles. The largest absolute Gasteiger partial charge is 0.497 e. The number of carbonyl (C=O) groups excluding carboxylic acids is 2. The van der Waals surface area contributed by atoms with Crippen molar-refractivity contribution in [3.63, 3.8) is 0 Å². The van der Waals surface area contributed by atoms with Gasteiger partial charge in [-0.2, -0.15) is 9.57 Å². The smallest absolute Gasteiger partial charge is 0.318 e. The lowest BCUT2D eigenvalue weighted by molar-refractivity contribution is -0.121. The number of fused-ring (bicyclic) bond motifs is 1. The standard InChI is InChI=1S/C37H43N7O7S/c1-4-51-33-28(6-5-15-40-33)37(41-35(46)43-23-36(24-43)13-18-42(19-14-36)26-11-16-39-17-12-26)29-20-25(22-38)7-9-30(29)44(34(37)45)52(47,48)32-10-8-27(49-2)21-31(32)50-3/h5-10,15,20-21,26,39H,4,11-14,16-19,23-24H2,1-3H3,(H,41,46)/t37-/m1/s1. The highest BCUT2D eigenvalue weighted by Crippen LogP contribution is 2.50. The number of sulfonamides is 1. The third kappa shape index (κ3) is 5.88. The number of anilines is 1. The lowest BCUT2D eigenvalue weighted by Crippen LogP contribution is -2.67. The zero-order valence-electron chi connectivity index (χ0n) is 29.6. The van der Waals surface area contributed by atoms with Crippen LogP contribution in [0.1, 0.15) is 49.3 Å². The van der Waals surface area contributed by atoms with Gasteiger partial charge in [-0.15, -0.1) is 0 Å². The average molecular weight is 730 g/mol. The molecule has 3 fully saturated rings. The molecule has 2 N–H and O–H groups in total. The van der Waals surface area contributed by atoms with Crippen LogP contribution in [0.5, 0.6) is 17.4 Å². The van der Waals surface area contributed by atoms with Crippen LogP contribution in [-0.2, 0) is 20.4 Å². The number of nitrogens with zero attached hydrogens (tertiary/aromatic N) is 5. The van der Waals surface area contributed by atoms with Crippen molar-refractivity contribution in [2.75, 3.05) is 64.4 Å². The molecule has 14 nitrogen and oxygen atoms in total. The molecule has 15 heteroatoms. The Morgan fingerprint density at radius 2 is 1.81 bits per heavy atom. The van der Waals surface area contributed by atoms with Gasteiger partial charge in [0.25, 0.3) is 15.9 Å². The van der Waals surface area contributed by atoms with Crippen LogP contribution < -0.4 is 29.1 Å². The molecule has 0 bridgehead atoms. The maximum Gasteiger partial charge on any atom is 0.318 e. The Morgan fingerprint density at radius 1 is 1.06 bits per heavy atom. The highest BCUT2D eigenvalue weighted by Gasteiger charge is 2.60. The molecule has 3 saturated heterocycles. The van der Waals surface area contributed by atoms with Crippen LogP contribution in [0.4, 0.5) is 10.5 Å². The van der Waals surface area contributed by atoms with E-state index in [0.29, 0.717) is 29.2 Å². The first-order valence-electron chi connectivity index (χ1n) is 17.6. The van der Waals surface area contributed by atoms with E-state index >= 15 is 4.79 Å². The Kier molecular flexibility index (Phi) is 9.49. The molecular weight excluding hydrogens is 687 g/mol. The summed E-state index contributed by atoms with van der Waals surface area (Å²) in [5.74, 6) is -0.635. The van der Waals surface area contributed by atoms with Crippen LogP contribution in [0, 0.1) is 16.7 Å². The monoisotopic (exact) mass is 729 g/mol. The topological polar surface area (TPSA) is 166 Å². The Morgan fingerprint density at radius 3 is 2.48 bits per heavy atom. The molecule has 4 aliphatic rings. The van der Waals surface area contributed by atoms with Gasteiger partial charge >= 0.3 is 6.03 Å². The van der Waals surface area contributed by atoms with Crippen LogP contribution >= 0.6 is 0 Å². The molecule has 1 aromatic heterocycles. The van der Waals surface area contributed by atoms with E-state index in [1.807, 2.05) is 0 Å². The minimum absolute atomic E-state index is 0.0232. The van der Waals surface area contributed by atoms with Gasteiger partial charge in [-0.25, -0.2) is 18.2 Å². The Balaban J connectivity index is 1.27. The summed E-state index contributed by atoms with van der Waals surface area (Å²) in [7, 11) is -1.93. The van der Waals surface area contributed by atoms with Crippen molar-refractivity contribution in [1.82, 2.24) is 25.4 Å². The summed E-state index contributed by atoms with van der Waals surface area (Å²) < 4.78 is 46.6. The molecule has 0 aliphatic carbocycles. The molecule has 3 amide bonds. The second kappa shape index (κ2) is 13.9. The number of benzene rings is 2. The fourth-order valence-corrected chi connectivity index (χ4v) is 9.77. The summed E-state index contributed by atoms with van der Waals surface area (Å²) in [6.45, 7) is 6.97. The second-order valence-corrected chi connectivity index (χ2v) is 15.5. The number of likely N-dealkylation sites (tertiary alicyclic amines) is 2. The average Bonchev–Trinajstić information content (AvgIpc) is 3.41. The van der Waals surface area contributed by atoms with E-state index in [2.05, 4.69) is 26.6 Å². The van der Waals surface area contributed by atoms with Gasteiger partial charge in [0.05, 0.1) is 43.7 Å². The third-order valence-electron chi connectivity index (χ3n) is 10.9. The second-order valence-electron chi connectivity index (χ2n) is 13.8. The van der Waals surface area contributed by atoms with E-state index in [0.717, 1.165) is 51.9 Å². The molecular formula is C37H43N7O7S. The molecule has 4 aliphatic heterocycles. The van der Waals surface area contributed by atoms with Crippen molar-refractivity contribution in [3.05, 3.63) is 71.4 Å². The quantitative estimate of drug-likeness (QED) is 0.332. The van der Waals surface area contributed by atoms with Gasteiger partial charge in [-0.3, -0.25) is 4.79 Å². The Labute approximate surface area is 303 Å². The number of amides is 3. The highest BCUT2D eigenvalue weighted by atomic mass is 32.2. The van der Waals surface area contributed by atoms with Gasteiger partial charge in [0.15, 0.2) is 5.54 Å². The number of urea groups is 1. The summed E-state index contributed by atoms with van der Waals surface area (Å²) in [5, 5.41) is 16.4. The summed E-state index contributed by atoms with van der Waals surface area (Å²) in [6, 6.07) is 13.7. The van der Waals surface area contributed by atoms with E-state index in [-0.39, 0.29) is 50.9 Å². The van der Waals surface area contributed by atoms with Crippen molar-refractivity contribution < 1.29 is 32.2 Å². The van der Waals surface area contributed by atoms with Crippen molar-refractivity contribution in [1.29, 1.82) is 5.26 Å². The molecule has 52 heavy (non-hydrogen) atoms. The van der Waals surface area contributed by atoms with Crippen LogP contribution in [0.25, 0.3) is 0 Å². The number of methoxy groups -OCH3 is 2. The first kappa shape index (κ1) is 35.5. The van der Waals surface area contributed by atoms with E-state index in [1.54, 1.807) is 24.0 Å². The predicted octanol–water partition coefficient (Wildman–Crippen LogP) is 3.21. The summed E-state index contributed by atoms with van der Waals surface area (Å²) >= 11 is 0. The van der Waals surface area contributed by atoms with Crippen LogP contribution in [0.15, 0.2) is 59.6 Å². The number of pyridine rings is 1. The number of ether oxygens (including phenoxy) is 3. The third-order valence-corrected chi connectivity index (χ3v) is 12.7. The molecule has 0 radical (unpaired) electrons. The number of rotatable bonds is 9. The number of hydrogen-bond acceptors (Lipinski definition) is 11. The van der Waals surface area contributed by atoms with Crippen molar-refractivity contribution in [2.24, 2.45) is 5.41 Å². The molecule has 1 atom stereocenters. The van der Waals surface area contributed by atoms with Gasteiger partial charge in [-0.05, 0) is 101 Å². The Bertz CT molecular complexity index is 2010. The zero-order valence-corrected chi connectivity index (χ0v) is 30.4. The van der Waals surface area contributed by atoms with Gasteiger partial charge < -0.3 is 34.6 Å². The first-order chi connectivity index (χ1) is 25.1. The Hall–Kier alpha value is -4.91. The number of nitrogens with one attached hydrogen (secondary N) is 2. The van der Waals surface area contributed by atoms with Gasteiger partial charge in [-0.1, -0.05) is 0 Å². The summed E-state index contributed by atoms with van der Waals surface area (Å²) in [4.78, 5) is 37.9. The lowest BCUT2D eigenvalue weighted by Gasteiger charge is -2.55. The highest BCUT2D eigenvalue weighted by molar-refractivity contribution is 7.93. The summed E-state index contributed by atoms with van der Waals surface area (Å²) in [6.07, 6.45) is 5.70. The normalized spacial score (nSPS) is 21.6. The number of piperidine rings is 2. The molecule has 7 rings (SSSR count). The fourth-order valence-electron chi connectivity index (χ4n) is 8.16. The minimum Gasteiger partial charge on any atom is -0.497 e. The zero-order chi connectivity index (χ0) is 36.7. The van der Waals surface area contributed by atoms with Crippen LogP contribution in [-0.4, -0.2) is 101 Å². The van der Waals surface area contributed by atoms with E-state index in [4.69, 9.17) is 14.2 Å². The number of carbonyl (C=O) groups is 2. The van der Waals surface area contributed by atoms with Crippen molar-refractivity contribution in [2.45, 2.75) is 49.1 Å². The molecule has 1 spiro atoms. The number of nitriles is 1. The molecule has 2 aromatic carbocycles. The van der Waals surface area contributed by atoms with Crippen LogP contribution in [0.3, 0.4) is 0 Å². The first-order valence-corrected chi connectivity index (χ1v) is 19.0. The van der Waals surface area contributed by atoms with Gasteiger partial charge in [0.1, 0.15) is 16.4 Å². The SMILES string of the molecule is CCOc1ncccc1[C@]1(NC(=O)N2CC3(CCN(C4CCNCC4)CC3)C2)C(=O)N(S(=O)(=O)c2ccc(OC)cc2OC)c2ccc(C#N)cc21. The number of hydrogen-bond donors (Lipinski definition) is 2. The van der Waals surface area contributed by atoms with E-state index in [9.17, 15) is 18.5 Å². The summed E-state index contributed by atoms with van der Waals surface area (Å²) in [5.41, 5.74) is -1.79. The predicted molar refractivity (Wildman–Crippen MR) is 191 cm³/mol. The molecule has 3 aromatic rings. The van der Waals surface area contributed by atoms with Gasteiger partial charge in [0.2, 0.25) is 5.88 Å². The van der Waals surface area contributed by atoms with Crippen LogP contribution in [0.2, 0.25) is 0 Å². The van der Waals surface area contributed by atoms with E-state index in [1.165, 1.54) is 56.8 Å². The van der Waals surface area contributed by atoms with Gasteiger partial charge in [0, 0.05) is 42.4 Å². The van der Waals surface area contributed by atoms with Crippen molar-refractivity contribution in [3.8, 4) is 23.4 Å². The minimum atomic E-state index is -4.69. The molecule has 5 heterocycles. The number of aromatic nitrogens is 1. The van der Waals surface area contributed by atoms with E-state index < -0.39 is 27.5 Å². The lowest BCUT2D eigenvalue weighted by atomic mass is 9.71. The maximum absolute atomic E-state index is 15.2. The molecule has 274 valence electrons.